The predicted molar refractivity (Wildman–Crippen MR) is 52.7 cm³/mol. The lowest BCUT2D eigenvalue weighted by Crippen LogP contribution is -2.35. The predicted octanol–water partition coefficient (Wildman–Crippen LogP) is -0.659. The maximum Gasteiger partial charge on any atom is 0.225 e. The minimum atomic E-state index is -0.155. The highest BCUT2D eigenvalue weighted by molar-refractivity contribution is 5.81. The summed E-state index contributed by atoms with van der Waals surface area (Å²) in [5.74, 6) is 0.844. The van der Waals surface area contributed by atoms with Crippen LogP contribution in [0.5, 0.6) is 0 Å². The molecule has 3 N–H and O–H groups in total. The monoisotopic (exact) mass is 198 g/mol. The van der Waals surface area contributed by atoms with Gasteiger partial charge in [-0.15, -0.1) is 0 Å². The van der Waals surface area contributed by atoms with Gasteiger partial charge in [0, 0.05) is 6.54 Å². The zero-order chi connectivity index (χ0) is 9.97. The Morgan fingerprint density at radius 2 is 2.07 bits per heavy atom. The molecule has 14 heavy (non-hydrogen) atoms. The number of hydrogen-bond acceptors (Lipinski definition) is 3. The SMILES string of the molecule is O=C1NCC(C2CCNCC2)C1CO. The zero-order valence-electron chi connectivity index (χ0n) is 8.33. The van der Waals surface area contributed by atoms with Gasteiger partial charge in [0.05, 0.1) is 12.5 Å². The van der Waals surface area contributed by atoms with Gasteiger partial charge in [0.1, 0.15) is 0 Å². The van der Waals surface area contributed by atoms with Gasteiger partial charge in [0.2, 0.25) is 5.91 Å². The molecule has 0 aliphatic carbocycles. The molecule has 1 amide bonds. The lowest BCUT2D eigenvalue weighted by atomic mass is 9.79. The Morgan fingerprint density at radius 3 is 2.71 bits per heavy atom. The molecule has 80 valence electrons. The molecule has 0 saturated carbocycles. The standard InChI is InChI=1S/C10H18N2O2/c13-6-9-8(5-12-10(9)14)7-1-3-11-4-2-7/h7-9,11,13H,1-6H2,(H,12,14). The van der Waals surface area contributed by atoms with Gasteiger partial charge in [-0.25, -0.2) is 0 Å². The number of nitrogens with one attached hydrogen (secondary N) is 2. The van der Waals surface area contributed by atoms with E-state index in [9.17, 15) is 4.79 Å². The molecular formula is C10H18N2O2. The number of rotatable bonds is 2. The van der Waals surface area contributed by atoms with Crippen LogP contribution in [0.2, 0.25) is 0 Å². The summed E-state index contributed by atoms with van der Waals surface area (Å²) >= 11 is 0. The number of amides is 1. The van der Waals surface area contributed by atoms with Crippen LogP contribution in [0.1, 0.15) is 12.8 Å². The van der Waals surface area contributed by atoms with Gasteiger partial charge >= 0.3 is 0 Å². The van der Waals surface area contributed by atoms with Crippen molar-refractivity contribution in [3.8, 4) is 0 Å². The average molecular weight is 198 g/mol. The quantitative estimate of drug-likeness (QED) is 0.552. The molecule has 2 heterocycles. The summed E-state index contributed by atoms with van der Waals surface area (Å²) in [5.41, 5.74) is 0. The summed E-state index contributed by atoms with van der Waals surface area (Å²) in [7, 11) is 0. The van der Waals surface area contributed by atoms with Gasteiger partial charge in [-0.05, 0) is 37.8 Å². The van der Waals surface area contributed by atoms with Crippen molar-refractivity contribution >= 4 is 5.91 Å². The first-order valence-corrected chi connectivity index (χ1v) is 5.42. The Morgan fingerprint density at radius 1 is 1.36 bits per heavy atom. The molecule has 2 fully saturated rings. The highest BCUT2D eigenvalue weighted by atomic mass is 16.3. The summed E-state index contributed by atoms with van der Waals surface area (Å²) in [6, 6.07) is 0. The van der Waals surface area contributed by atoms with Crippen molar-refractivity contribution in [1.82, 2.24) is 10.6 Å². The van der Waals surface area contributed by atoms with Crippen LogP contribution in [0.3, 0.4) is 0 Å². The summed E-state index contributed by atoms with van der Waals surface area (Å²) in [6.45, 7) is 2.86. The van der Waals surface area contributed by atoms with Crippen molar-refractivity contribution in [2.45, 2.75) is 12.8 Å². The number of aliphatic hydroxyl groups excluding tert-OH is 1. The molecule has 2 saturated heterocycles. The van der Waals surface area contributed by atoms with E-state index in [0.717, 1.165) is 32.5 Å². The molecule has 0 bridgehead atoms. The number of hydrogen-bond donors (Lipinski definition) is 3. The smallest absolute Gasteiger partial charge is 0.225 e. The molecule has 2 atom stereocenters. The van der Waals surface area contributed by atoms with Gasteiger partial charge < -0.3 is 15.7 Å². The van der Waals surface area contributed by atoms with Crippen molar-refractivity contribution < 1.29 is 9.90 Å². The van der Waals surface area contributed by atoms with Gasteiger partial charge in [0.15, 0.2) is 0 Å². The second-order valence-electron chi connectivity index (χ2n) is 4.29. The number of carbonyl (C=O) groups is 1. The van der Waals surface area contributed by atoms with Crippen LogP contribution < -0.4 is 10.6 Å². The highest BCUT2D eigenvalue weighted by Gasteiger charge is 2.38. The van der Waals surface area contributed by atoms with E-state index in [1.165, 1.54) is 0 Å². The lowest BCUT2D eigenvalue weighted by Gasteiger charge is -2.29. The Balaban J connectivity index is 1.98. The lowest BCUT2D eigenvalue weighted by molar-refractivity contribution is -0.124. The van der Waals surface area contributed by atoms with E-state index in [-0.39, 0.29) is 18.4 Å². The summed E-state index contributed by atoms with van der Waals surface area (Å²) in [5, 5.41) is 15.3. The third-order valence-corrected chi connectivity index (χ3v) is 3.55. The first-order valence-electron chi connectivity index (χ1n) is 5.42. The summed E-state index contributed by atoms with van der Waals surface area (Å²) in [4.78, 5) is 11.4. The maximum absolute atomic E-state index is 11.4. The largest absolute Gasteiger partial charge is 0.396 e. The topological polar surface area (TPSA) is 61.4 Å². The van der Waals surface area contributed by atoms with Gasteiger partial charge in [-0.2, -0.15) is 0 Å². The molecule has 2 aliphatic rings. The Bertz CT molecular complexity index is 214. The van der Waals surface area contributed by atoms with E-state index in [0.29, 0.717) is 11.8 Å². The first-order chi connectivity index (χ1) is 6.83. The first kappa shape index (κ1) is 9.93. The summed E-state index contributed by atoms with van der Waals surface area (Å²) in [6.07, 6.45) is 2.27. The fraction of sp³-hybridized carbons (Fsp3) is 0.900. The zero-order valence-corrected chi connectivity index (χ0v) is 8.33. The number of piperidine rings is 1. The number of aliphatic hydroxyl groups is 1. The van der Waals surface area contributed by atoms with Crippen LogP contribution in [0.15, 0.2) is 0 Å². The van der Waals surface area contributed by atoms with E-state index in [2.05, 4.69) is 10.6 Å². The Labute approximate surface area is 84.1 Å². The molecule has 2 rings (SSSR count). The molecule has 0 radical (unpaired) electrons. The van der Waals surface area contributed by atoms with Crippen LogP contribution in [0.25, 0.3) is 0 Å². The Hall–Kier alpha value is -0.610. The van der Waals surface area contributed by atoms with Crippen molar-refractivity contribution in [1.29, 1.82) is 0 Å². The average Bonchev–Trinajstić information content (AvgIpc) is 2.61. The molecule has 0 aromatic rings. The van der Waals surface area contributed by atoms with Crippen molar-refractivity contribution in [2.24, 2.45) is 17.8 Å². The molecule has 0 spiro atoms. The van der Waals surface area contributed by atoms with Gasteiger partial charge in [-0.3, -0.25) is 4.79 Å². The van der Waals surface area contributed by atoms with Crippen LogP contribution >= 0.6 is 0 Å². The van der Waals surface area contributed by atoms with E-state index >= 15 is 0 Å². The molecule has 2 unspecified atom stereocenters. The fourth-order valence-corrected chi connectivity index (χ4v) is 2.67. The Kier molecular flexibility index (Phi) is 3.03. The molecule has 0 aromatic carbocycles. The van der Waals surface area contributed by atoms with E-state index in [1.54, 1.807) is 0 Å². The summed E-state index contributed by atoms with van der Waals surface area (Å²) < 4.78 is 0. The molecule has 0 aromatic heterocycles. The third kappa shape index (κ3) is 1.77. The third-order valence-electron chi connectivity index (χ3n) is 3.55. The van der Waals surface area contributed by atoms with E-state index < -0.39 is 0 Å². The normalized spacial score (nSPS) is 34.5. The van der Waals surface area contributed by atoms with Gasteiger partial charge in [0.25, 0.3) is 0 Å². The molecular weight excluding hydrogens is 180 g/mol. The minimum Gasteiger partial charge on any atom is -0.396 e. The fourth-order valence-electron chi connectivity index (χ4n) is 2.67. The van der Waals surface area contributed by atoms with Crippen molar-refractivity contribution in [3.05, 3.63) is 0 Å². The highest BCUT2D eigenvalue weighted by Crippen LogP contribution is 2.31. The maximum atomic E-state index is 11.4. The van der Waals surface area contributed by atoms with E-state index in [1.807, 2.05) is 0 Å². The van der Waals surface area contributed by atoms with E-state index in [4.69, 9.17) is 5.11 Å². The minimum absolute atomic E-state index is 0.000425. The molecule has 4 heteroatoms. The molecule has 4 nitrogen and oxygen atoms in total. The van der Waals surface area contributed by atoms with Gasteiger partial charge in [-0.1, -0.05) is 0 Å². The second kappa shape index (κ2) is 4.28. The number of carbonyl (C=O) groups excluding carboxylic acids is 1. The van der Waals surface area contributed by atoms with Crippen molar-refractivity contribution in [3.63, 3.8) is 0 Å². The van der Waals surface area contributed by atoms with Crippen LogP contribution in [0.4, 0.5) is 0 Å². The van der Waals surface area contributed by atoms with Crippen molar-refractivity contribution in [2.75, 3.05) is 26.2 Å². The van der Waals surface area contributed by atoms with Crippen LogP contribution in [-0.2, 0) is 4.79 Å². The van der Waals surface area contributed by atoms with Crippen LogP contribution in [0, 0.1) is 17.8 Å². The second-order valence-corrected chi connectivity index (χ2v) is 4.29. The van der Waals surface area contributed by atoms with Crippen LogP contribution in [-0.4, -0.2) is 37.3 Å². The molecule has 2 aliphatic heterocycles.